The lowest BCUT2D eigenvalue weighted by molar-refractivity contribution is 0.598. The highest BCUT2D eigenvalue weighted by atomic mass is 35.5. The van der Waals surface area contributed by atoms with Gasteiger partial charge in [0.1, 0.15) is 5.82 Å². The summed E-state index contributed by atoms with van der Waals surface area (Å²) in [7, 11) is 0. The van der Waals surface area contributed by atoms with E-state index in [2.05, 4.69) is 6.07 Å². The fourth-order valence-electron chi connectivity index (χ4n) is 2.13. The van der Waals surface area contributed by atoms with Crippen LogP contribution in [0.15, 0.2) is 41.3 Å². The van der Waals surface area contributed by atoms with Crippen LogP contribution in [-0.4, -0.2) is 0 Å². The van der Waals surface area contributed by atoms with Crippen LogP contribution in [0.1, 0.15) is 16.7 Å². The molecular weight excluding hydrogens is 255 g/mol. The number of fused-ring (bicyclic) bond motifs is 2. The molecule has 1 aliphatic rings. The van der Waals surface area contributed by atoms with E-state index in [1.807, 2.05) is 18.2 Å². The molecule has 2 aromatic rings. The average molecular weight is 265 g/mol. The summed E-state index contributed by atoms with van der Waals surface area (Å²) in [5, 5.41) is 0.778. The Bertz CT molecular complexity index is 580. The van der Waals surface area contributed by atoms with Crippen molar-refractivity contribution in [3.8, 4) is 0 Å². The van der Waals surface area contributed by atoms with Crippen molar-refractivity contribution in [2.24, 2.45) is 0 Å². The predicted molar refractivity (Wildman–Crippen MR) is 70.2 cm³/mol. The Balaban J connectivity index is 2.15. The van der Waals surface area contributed by atoms with E-state index in [-0.39, 0.29) is 5.82 Å². The van der Waals surface area contributed by atoms with Crippen molar-refractivity contribution in [1.29, 1.82) is 0 Å². The number of rotatable bonds is 0. The quantitative estimate of drug-likeness (QED) is 0.666. The van der Waals surface area contributed by atoms with Crippen LogP contribution >= 0.6 is 23.4 Å². The van der Waals surface area contributed by atoms with Gasteiger partial charge < -0.3 is 0 Å². The maximum Gasteiger partial charge on any atom is 0.137 e. The molecule has 0 aromatic heterocycles. The average Bonchev–Trinajstić information content (AvgIpc) is 2.50. The minimum absolute atomic E-state index is 0.128. The van der Waals surface area contributed by atoms with E-state index >= 15 is 0 Å². The molecule has 17 heavy (non-hydrogen) atoms. The Hall–Kier alpha value is -0.990. The summed E-state index contributed by atoms with van der Waals surface area (Å²) in [4.78, 5) is 0.764. The van der Waals surface area contributed by atoms with Crippen LogP contribution in [0.25, 0.3) is 0 Å². The van der Waals surface area contributed by atoms with Crippen LogP contribution < -0.4 is 0 Å². The lowest BCUT2D eigenvalue weighted by atomic mass is 10.0. The molecule has 0 saturated heterocycles. The van der Waals surface area contributed by atoms with E-state index in [0.29, 0.717) is 0 Å². The molecule has 0 saturated carbocycles. The molecule has 1 aliphatic heterocycles. The maximum absolute atomic E-state index is 13.7. The zero-order chi connectivity index (χ0) is 11.8. The molecule has 0 aliphatic carbocycles. The molecule has 3 heteroatoms. The molecule has 0 spiro atoms. The van der Waals surface area contributed by atoms with Crippen molar-refractivity contribution in [3.63, 3.8) is 0 Å². The second-order valence-electron chi connectivity index (χ2n) is 4.07. The van der Waals surface area contributed by atoms with Crippen LogP contribution in [0.4, 0.5) is 4.39 Å². The first-order valence-corrected chi connectivity index (χ1v) is 6.78. The van der Waals surface area contributed by atoms with E-state index in [1.165, 1.54) is 11.6 Å². The van der Waals surface area contributed by atoms with Gasteiger partial charge in [0.25, 0.3) is 0 Å². The van der Waals surface area contributed by atoms with Crippen molar-refractivity contribution < 1.29 is 4.39 Å². The Labute approximate surface area is 109 Å². The number of hydrogen-bond acceptors (Lipinski definition) is 1. The molecule has 0 fully saturated rings. The van der Waals surface area contributed by atoms with Gasteiger partial charge in [-0.05, 0) is 28.8 Å². The maximum atomic E-state index is 13.7. The lowest BCUT2D eigenvalue weighted by Gasteiger charge is -2.07. The first-order valence-electron chi connectivity index (χ1n) is 5.42. The largest absolute Gasteiger partial charge is 0.206 e. The van der Waals surface area contributed by atoms with Crippen LogP contribution in [-0.2, 0) is 12.2 Å². The summed E-state index contributed by atoms with van der Waals surface area (Å²) in [5.74, 6) is 0.653. The smallest absolute Gasteiger partial charge is 0.137 e. The minimum atomic E-state index is -0.128. The molecule has 0 radical (unpaired) electrons. The fraction of sp³-hybridized carbons (Fsp3) is 0.143. The van der Waals surface area contributed by atoms with Crippen molar-refractivity contribution in [2.75, 3.05) is 0 Å². The van der Waals surface area contributed by atoms with Gasteiger partial charge in [-0.3, -0.25) is 0 Å². The van der Waals surface area contributed by atoms with E-state index in [0.717, 1.165) is 33.2 Å². The van der Waals surface area contributed by atoms with Gasteiger partial charge in [0, 0.05) is 22.1 Å². The van der Waals surface area contributed by atoms with Gasteiger partial charge in [-0.1, -0.05) is 35.9 Å². The lowest BCUT2D eigenvalue weighted by Crippen LogP contribution is -1.94. The molecule has 3 rings (SSSR count). The highest BCUT2D eigenvalue weighted by Crippen LogP contribution is 2.37. The summed E-state index contributed by atoms with van der Waals surface area (Å²) in [5.41, 5.74) is 3.37. The fourth-order valence-corrected chi connectivity index (χ4v) is 3.49. The van der Waals surface area contributed by atoms with Gasteiger partial charge in [0.05, 0.1) is 0 Å². The zero-order valence-corrected chi connectivity index (χ0v) is 10.6. The highest BCUT2D eigenvalue weighted by molar-refractivity contribution is 7.98. The van der Waals surface area contributed by atoms with Gasteiger partial charge in [-0.15, -0.1) is 11.8 Å². The van der Waals surface area contributed by atoms with Crippen LogP contribution in [0.5, 0.6) is 0 Å². The molecule has 2 aromatic carbocycles. The van der Waals surface area contributed by atoms with E-state index in [4.69, 9.17) is 11.6 Å². The van der Waals surface area contributed by atoms with Gasteiger partial charge in [-0.2, -0.15) is 0 Å². The highest BCUT2D eigenvalue weighted by Gasteiger charge is 2.17. The third kappa shape index (κ3) is 1.96. The Morgan fingerprint density at radius 2 is 1.82 bits per heavy atom. The molecule has 86 valence electrons. The monoisotopic (exact) mass is 264 g/mol. The third-order valence-electron chi connectivity index (χ3n) is 3.00. The third-order valence-corrected chi connectivity index (χ3v) is 4.56. The molecular formula is C14H10ClFS. The second-order valence-corrected chi connectivity index (χ2v) is 5.46. The molecule has 0 bridgehead atoms. The summed E-state index contributed by atoms with van der Waals surface area (Å²) < 4.78 is 13.7. The standard InChI is InChI=1S/C14H10ClFS/c15-12-5-1-4-10-8-17-14-9(7-11(10)12)3-2-6-13(14)16/h1-6H,7-8H2. The Morgan fingerprint density at radius 3 is 2.71 bits per heavy atom. The molecule has 0 N–H and O–H groups in total. The van der Waals surface area contributed by atoms with E-state index < -0.39 is 0 Å². The van der Waals surface area contributed by atoms with Gasteiger partial charge in [0.2, 0.25) is 0 Å². The van der Waals surface area contributed by atoms with Crippen LogP contribution in [0.3, 0.4) is 0 Å². The number of thioether (sulfide) groups is 1. The SMILES string of the molecule is Fc1cccc2c1SCc1cccc(Cl)c1C2. The first-order chi connectivity index (χ1) is 8.25. The summed E-state index contributed by atoms with van der Waals surface area (Å²) >= 11 is 7.77. The van der Waals surface area contributed by atoms with Crippen molar-refractivity contribution in [3.05, 3.63) is 63.9 Å². The molecule has 0 atom stereocenters. The van der Waals surface area contributed by atoms with Gasteiger partial charge in [-0.25, -0.2) is 4.39 Å². The number of halogens is 2. The molecule has 1 heterocycles. The first kappa shape index (κ1) is 11.1. The van der Waals surface area contributed by atoms with Crippen LogP contribution in [0, 0.1) is 5.82 Å². The van der Waals surface area contributed by atoms with Crippen LogP contribution in [0.2, 0.25) is 5.02 Å². The summed E-state index contributed by atoms with van der Waals surface area (Å²) in [6.07, 6.45) is 0.717. The Morgan fingerprint density at radius 1 is 1.06 bits per heavy atom. The Kier molecular flexibility index (Phi) is 2.85. The van der Waals surface area contributed by atoms with Gasteiger partial charge in [0.15, 0.2) is 0 Å². The summed E-state index contributed by atoms with van der Waals surface area (Å²) in [6, 6.07) is 11.2. The molecule has 0 nitrogen and oxygen atoms in total. The van der Waals surface area contributed by atoms with Crippen molar-refractivity contribution in [1.82, 2.24) is 0 Å². The molecule has 0 amide bonds. The van der Waals surface area contributed by atoms with Crippen molar-refractivity contribution in [2.45, 2.75) is 17.1 Å². The van der Waals surface area contributed by atoms with Crippen molar-refractivity contribution >= 4 is 23.4 Å². The van der Waals surface area contributed by atoms with E-state index in [9.17, 15) is 4.39 Å². The number of benzene rings is 2. The molecule has 0 unspecified atom stereocenters. The van der Waals surface area contributed by atoms with Gasteiger partial charge >= 0.3 is 0 Å². The predicted octanol–water partition coefficient (Wildman–Crippen LogP) is 4.68. The van der Waals surface area contributed by atoms with E-state index in [1.54, 1.807) is 17.8 Å². The second kappa shape index (κ2) is 4.35. The number of hydrogen-bond donors (Lipinski definition) is 0. The normalized spacial score (nSPS) is 13.8. The minimum Gasteiger partial charge on any atom is -0.206 e. The summed E-state index contributed by atoms with van der Waals surface area (Å²) in [6.45, 7) is 0. The zero-order valence-electron chi connectivity index (χ0n) is 9.04. The topological polar surface area (TPSA) is 0 Å².